The summed E-state index contributed by atoms with van der Waals surface area (Å²) in [6.07, 6.45) is 0. The molecule has 1 N–H and O–H groups in total. The molecule has 0 saturated heterocycles. The highest BCUT2D eigenvalue weighted by Crippen LogP contribution is 2.23. The second-order valence-corrected chi connectivity index (χ2v) is 4.35. The van der Waals surface area contributed by atoms with E-state index in [-0.39, 0.29) is 0 Å². The molecule has 0 amide bonds. The molecule has 0 bridgehead atoms. The van der Waals surface area contributed by atoms with E-state index in [4.69, 9.17) is 5.41 Å². The Morgan fingerprint density at radius 1 is 1.80 bits per heavy atom. The summed E-state index contributed by atoms with van der Waals surface area (Å²) in [6.45, 7) is 0. The van der Waals surface area contributed by atoms with Gasteiger partial charge in [0.1, 0.15) is 5.23 Å². The summed E-state index contributed by atoms with van der Waals surface area (Å²) in [5.41, 5.74) is 1.19. The van der Waals surface area contributed by atoms with E-state index >= 15 is 0 Å². The van der Waals surface area contributed by atoms with Crippen molar-refractivity contribution in [3.8, 4) is 0 Å². The zero-order chi connectivity index (χ0) is 7.40. The van der Waals surface area contributed by atoms with Gasteiger partial charge in [0, 0.05) is 15.8 Å². The first kappa shape index (κ1) is 7.41. The van der Waals surface area contributed by atoms with E-state index < -0.39 is 10.5 Å². The maximum Gasteiger partial charge on any atom is 0.142 e. The summed E-state index contributed by atoms with van der Waals surface area (Å²) < 4.78 is 0. The predicted molar refractivity (Wildman–Crippen MR) is 47.4 cm³/mol. The van der Waals surface area contributed by atoms with E-state index in [1.54, 1.807) is 11.3 Å². The Morgan fingerprint density at radius 2 is 2.60 bits per heavy atom. The topological polar surface area (TPSA) is 40.9 Å². The van der Waals surface area contributed by atoms with Gasteiger partial charge in [0.25, 0.3) is 0 Å². The van der Waals surface area contributed by atoms with Crippen LogP contribution in [0.4, 0.5) is 0 Å². The third kappa shape index (κ3) is 1.42. The third-order valence-corrected chi connectivity index (χ3v) is 3.42. The summed E-state index contributed by atoms with van der Waals surface area (Å²) in [4.78, 5) is 11.2. The molecule has 1 aromatic rings. The van der Waals surface area contributed by atoms with Crippen molar-refractivity contribution < 1.29 is 4.79 Å². The quantitative estimate of drug-likeness (QED) is 0.411. The van der Waals surface area contributed by atoms with E-state index in [9.17, 15) is 4.79 Å². The lowest BCUT2D eigenvalue weighted by atomic mass is 10.7. The molecule has 54 valence electrons. The minimum absolute atomic E-state index is 0.958. The molecular formula is C6H7NOS2. The highest BCUT2D eigenvalue weighted by molar-refractivity contribution is 8.25. The minimum atomic E-state index is -1.41. The smallest absolute Gasteiger partial charge is 0.142 e. The van der Waals surface area contributed by atoms with Crippen LogP contribution in [0.3, 0.4) is 0 Å². The average molecular weight is 173 g/mol. The molecule has 0 atom stereocenters. The zero-order valence-electron chi connectivity index (χ0n) is 5.13. The van der Waals surface area contributed by atoms with Crippen molar-refractivity contribution in [3.63, 3.8) is 0 Å². The molecule has 10 heavy (non-hydrogen) atoms. The Balaban J connectivity index is 3.07. The first-order valence-corrected chi connectivity index (χ1v) is 5.18. The molecule has 0 unspecified atom stereocenters. The van der Waals surface area contributed by atoms with Crippen LogP contribution < -0.4 is 0 Å². The average Bonchev–Trinajstić information content (AvgIpc) is 2.43. The van der Waals surface area contributed by atoms with E-state index in [0.717, 1.165) is 4.90 Å². The summed E-state index contributed by atoms with van der Waals surface area (Å²) in [7, 11) is -1.41. The highest BCUT2D eigenvalue weighted by atomic mass is 32.2. The molecule has 0 fully saturated rings. The number of nitrogens with one attached hydrogen (secondary N) is 1. The Morgan fingerprint density at radius 3 is 3.00 bits per heavy atom. The van der Waals surface area contributed by atoms with Gasteiger partial charge in [0.05, 0.1) is 0 Å². The fraction of sp³-hybridized carbons (Fsp3) is 0. The van der Waals surface area contributed by atoms with Crippen molar-refractivity contribution in [1.29, 1.82) is 5.41 Å². The molecule has 0 spiro atoms. The van der Waals surface area contributed by atoms with Gasteiger partial charge < -0.3 is 5.41 Å². The number of hydrogen-bond donors (Lipinski definition) is 1. The van der Waals surface area contributed by atoms with Crippen molar-refractivity contribution >= 4 is 32.6 Å². The lowest BCUT2D eigenvalue weighted by Crippen LogP contribution is -1.68. The van der Waals surface area contributed by atoms with Gasteiger partial charge in [-0.15, -0.1) is 10.5 Å². The van der Waals surface area contributed by atoms with Crippen LogP contribution in [0.25, 0.3) is 0 Å². The Bertz CT molecular complexity index is 272. The molecule has 0 radical (unpaired) electrons. The van der Waals surface area contributed by atoms with Gasteiger partial charge in [-0.25, -0.2) is 4.79 Å². The molecule has 0 aliphatic carbocycles. The molecule has 0 saturated carbocycles. The fourth-order valence-electron chi connectivity index (χ4n) is 0.589. The van der Waals surface area contributed by atoms with Crippen LogP contribution in [0.15, 0.2) is 21.7 Å². The summed E-state index contributed by atoms with van der Waals surface area (Å²) in [5, 5.41) is 12.6. The van der Waals surface area contributed by atoms with Crippen LogP contribution in [0.1, 0.15) is 0 Å². The molecule has 0 aliphatic rings. The third-order valence-electron chi connectivity index (χ3n) is 1.09. The van der Waals surface area contributed by atoms with E-state index in [2.05, 4.69) is 0 Å². The molecular weight excluding hydrogens is 166 g/mol. The Labute approximate surface area is 64.9 Å². The first-order chi connectivity index (χ1) is 4.88. The number of rotatable bonds is 2. The van der Waals surface area contributed by atoms with Gasteiger partial charge in [-0.3, -0.25) is 0 Å². The largest absolute Gasteiger partial charge is 0.303 e. The van der Waals surface area contributed by atoms with Gasteiger partial charge in [0.15, 0.2) is 0 Å². The maximum atomic E-state index is 10.2. The van der Waals surface area contributed by atoms with Crippen LogP contribution >= 0.6 is 21.8 Å². The highest BCUT2D eigenvalue weighted by Gasteiger charge is 1.91. The van der Waals surface area contributed by atoms with Gasteiger partial charge >= 0.3 is 0 Å². The van der Waals surface area contributed by atoms with Crippen LogP contribution in [0.2, 0.25) is 0 Å². The fourth-order valence-corrected chi connectivity index (χ4v) is 2.56. The standard InChI is InChI=1S/C6H7NOS2/c7-4-10(5-8)6-1-2-9-3-6/h1-4,7H,10H2. The van der Waals surface area contributed by atoms with Crippen molar-refractivity contribution in [2.75, 3.05) is 0 Å². The van der Waals surface area contributed by atoms with Crippen LogP contribution in [0, 0.1) is 5.41 Å². The van der Waals surface area contributed by atoms with Crippen LogP contribution in [-0.2, 0) is 4.79 Å². The van der Waals surface area contributed by atoms with Gasteiger partial charge in [-0.2, -0.15) is 11.3 Å². The first-order valence-electron chi connectivity index (χ1n) is 2.66. The summed E-state index contributed by atoms with van der Waals surface area (Å²) in [6, 6.07) is 1.87. The molecule has 1 rings (SSSR count). The zero-order valence-corrected chi connectivity index (χ0v) is 6.94. The summed E-state index contributed by atoms with van der Waals surface area (Å²) in [5.74, 6) is 0. The lowest BCUT2D eigenvalue weighted by Gasteiger charge is -1.92. The van der Waals surface area contributed by atoms with Gasteiger partial charge in [-0.1, -0.05) is 0 Å². The van der Waals surface area contributed by atoms with E-state index in [1.807, 2.05) is 22.1 Å². The second-order valence-electron chi connectivity index (χ2n) is 1.67. The number of carbonyl (C=O) groups excluding carboxylic acids is 1. The van der Waals surface area contributed by atoms with Gasteiger partial charge in [-0.05, 0) is 11.4 Å². The number of thiophene rings is 1. The Hall–Kier alpha value is -0.700. The van der Waals surface area contributed by atoms with Crippen molar-refractivity contribution in [2.45, 2.75) is 4.90 Å². The maximum absolute atomic E-state index is 10.2. The Kier molecular flexibility index (Phi) is 2.57. The van der Waals surface area contributed by atoms with Crippen molar-refractivity contribution in [1.82, 2.24) is 0 Å². The summed E-state index contributed by atoms with van der Waals surface area (Å²) >= 11 is 1.54. The van der Waals surface area contributed by atoms with E-state index in [1.165, 1.54) is 5.55 Å². The van der Waals surface area contributed by atoms with Crippen molar-refractivity contribution in [2.24, 2.45) is 0 Å². The van der Waals surface area contributed by atoms with E-state index in [0.29, 0.717) is 0 Å². The monoisotopic (exact) mass is 173 g/mol. The molecule has 4 heteroatoms. The minimum Gasteiger partial charge on any atom is -0.303 e. The van der Waals surface area contributed by atoms with Crippen LogP contribution in [-0.4, -0.2) is 10.8 Å². The lowest BCUT2D eigenvalue weighted by molar-refractivity contribution is 0.572. The van der Waals surface area contributed by atoms with Gasteiger partial charge in [0.2, 0.25) is 0 Å². The molecule has 1 aromatic heterocycles. The van der Waals surface area contributed by atoms with Crippen molar-refractivity contribution in [3.05, 3.63) is 16.8 Å². The molecule has 1 heterocycles. The number of hydrogen-bond acceptors (Lipinski definition) is 3. The molecule has 0 aromatic carbocycles. The molecule has 2 nitrogen and oxygen atoms in total. The second kappa shape index (κ2) is 3.46. The van der Waals surface area contributed by atoms with Crippen LogP contribution in [0.5, 0.6) is 0 Å². The predicted octanol–water partition coefficient (Wildman–Crippen LogP) is 1.51. The SMILES string of the molecule is N=C[SH2](=C=O)c1ccsc1. The normalized spacial score (nSPS) is 10.2. The molecule has 0 aliphatic heterocycles.